The second-order valence-corrected chi connectivity index (χ2v) is 20.8. The van der Waals surface area contributed by atoms with Gasteiger partial charge in [-0.2, -0.15) is 21.6 Å². The van der Waals surface area contributed by atoms with Crippen LogP contribution in [-0.4, -0.2) is 59.2 Å². The van der Waals surface area contributed by atoms with Crippen molar-refractivity contribution in [2.24, 2.45) is 0 Å². The highest BCUT2D eigenvalue weighted by molar-refractivity contribution is 7.88. The van der Waals surface area contributed by atoms with Gasteiger partial charge in [0.2, 0.25) is 8.32 Å². The van der Waals surface area contributed by atoms with Crippen molar-refractivity contribution in [3.63, 3.8) is 0 Å². The average molecular weight is 720 g/mol. The molecule has 4 aromatic rings. The molecule has 1 aliphatic rings. The standard InChI is InChI=1S/C35H40F3NO6S2Si/c1-34(2,3)48(4,5)45-28-11-9-10-25(22-28)33-31(29-17-16-27(23-30(29)46-33)44-47(41,42)35(36,37)38)32(40)24-12-14-26(15-13-24)43-21-20-39-18-7-6-8-19-39/h9-17,22-23H,6-8,18-21H2,1-5H3. The molecule has 0 spiro atoms. The summed E-state index contributed by atoms with van der Waals surface area (Å²) in [5.74, 6) is 0.472. The number of alkyl halides is 3. The maximum atomic E-state index is 14.2. The molecule has 0 radical (unpaired) electrons. The van der Waals surface area contributed by atoms with E-state index in [0.29, 0.717) is 49.8 Å². The van der Waals surface area contributed by atoms with E-state index in [0.717, 1.165) is 37.0 Å². The Labute approximate surface area is 284 Å². The highest BCUT2D eigenvalue weighted by Crippen LogP contribution is 2.44. The van der Waals surface area contributed by atoms with E-state index in [9.17, 15) is 26.4 Å². The van der Waals surface area contributed by atoms with Crippen LogP contribution in [0.1, 0.15) is 56.0 Å². The number of ketones is 1. The molecule has 2 heterocycles. The molecule has 0 aliphatic carbocycles. The molecule has 1 aliphatic heterocycles. The maximum absolute atomic E-state index is 14.2. The van der Waals surface area contributed by atoms with E-state index in [1.807, 2.05) is 24.3 Å². The normalized spacial score (nSPS) is 15.0. The first-order valence-corrected chi connectivity index (χ1v) is 21.0. The number of rotatable bonds is 11. The number of fused-ring (bicyclic) bond motifs is 1. The van der Waals surface area contributed by atoms with E-state index >= 15 is 0 Å². The molecule has 0 unspecified atom stereocenters. The summed E-state index contributed by atoms with van der Waals surface area (Å²) in [6.07, 6.45) is 3.66. The number of piperidine rings is 1. The van der Waals surface area contributed by atoms with Gasteiger partial charge < -0.3 is 13.3 Å². The fraction of sp³-hybridized carbons (Fsp3) is 0.400. The second-order valence-electron chi connectivity index (χ2n) is 13.4. The molecule has 0 amide bonds. The van der Waals surface area contributed by atoms with Crippen molar-refractivity contribution in [1.29, 1.82) is 0 Å². The summed E-state index contributed by atoms with van der Waals surface area (Å²) in [4.78, 5) is 17.1. The fourth-order valence-electron chi connectivity index (χ4n) is 5.20. The molecular weight excluding hydrogens is 680 g/mol. The molecule has 258 valence electrons. The van der Waals surface area contributed by atoms with Crippen LogP contribution in [0.2, 0.25) is 18.1 Å². The molecule has 0 N–H and O–H groups in total. The first-order valence-electron chi connectivity index (χ1n) is 15.8. The zero-order valence-corrected chi connectivity index (χ0v) is 30.3. The highest BCUT2D eigenvalue weighted by Gasteiger charge is 2.48. The Balaban J connectivity index is 1.49. The summed E-state index contributed by atoms with van der Waals surface area (Å²) in [5, 5.41) is 0.396. The number of hydrogen-bond acceptors (Lipinski definition) is 8. The maximum Gasteiger partial charge on any atom is 0.534 e. The Morgan fingerprint density at radius 2 is 1.56 bits per heavy atom. The lowest BCUT2D eigenvalue weighted by atomic mass is 9.97. The van der Waals surface area contributed by atoms with Gasteiger partial charge in [-0.05, 0) is 104 Å². The van der Waals surface area contributed by atoms with E-state index < -0.39 is 29.7 Å². The number of hydrogen-bond donors (Lipinski definition) is 0. The third kappa shape index (κ3) is 8.07. The lowest BCUT2D eigenvalue weighted by molar-refractivity contribution is -0.0500. The zero-order valence-electron chi connectivity index (χ0n) is 27.6. The van der Waals surface area contributed by atoms with Gasteiger partial charge in [0.05, 0.1) is 0 Å². The highest BCUT2D eigenvalue weighted by atomic mass is 32.2. The van der Waals surface area contributed by atoms with Crippen LogP contribution >= 0.6 is 11.3 Å². The minimum Gasteiger partial charge on any atom is -0.543 e. The van der Waals surface area contributed by atoms with Gasteiger partial charge in [-0.3, -0.25) is 9.69 Å². The Bertz CT molecular complexity index is 1880. The largest absolute Gasteiger partial charge is 0.543 e. The van der Waals surface area contributed by atoms with Gasteiger partial charge >= 0.3 is 15.6 Å². The van der Waals surface area contributed by atoms with E-state index in [2.05, 4.69) is 42.9 Å². The predicted molar refractivity (Wildman–Crippen MR) is 186 cm³/mol. The van der Waals surface area contributed by atoms with Crippen LogP contribution in [0.4, 0.5) is 13.2 Å². The van der Waals surface area contributed by atoms with Gasteiger partial charge in [-0.15, -0.1) is 11.3 Å². The minimum absolute atomic E-state index is 0.0572. The van der Waals surface area contributed by atoms with Crippen LogP contribution < -0.4 is 13.3 Å². The molecule has 1 aromatic heterocycles. The van der Waals surface area contributed by atoms with Gasteiger partial charge in [0.1, 0.15) is 23.9 Å². The summed E-state index contributed by atoms with van der Waals surface area (Å²) < 4.78 is 79.9. The summed E-state index contributed by atoms with van der Waals surface area (Å²) in [6.45, 7) is 14.2. The van der Waals surface area contributed by atoms with Crippen LogP contribution in [0.25, 0.3) is 20.5 Å². The molecule has 3 aromatic carbocycles. The van der Waals surface area contributed by atoms with Crippen LogP contribution in [0.15, 0.2) is 66.7 Å². The monoisotopic (exact) mass is 719 g/mol. The molecule has 13 heteroatoms. The number of thiophene rings is 1. The van der Waals surface area contributed by atoms with Crippen LogP contribution in [0, 0.1) is 0 Å². The van der Waals surface area contributed by atoms with E-state index in [4.69, 9.17) is 9.16 Å². The van der Waals surface area contributed by atoms with Crippen molar-refractivity contribution in [3.8, 4) is 27.7 Å². The number of carbonyl (C=O) groups excluding carboxylic acids is 1. The molecule has 0 bridgehead atoms. The quantitative estimate of drug-likeness (QED) is 0.0662. The average Bonchev–Trinajstić information content (AvgIpc) is 3.39. The number of likely N-dealkylation sites (tertiary alicyclic amines) is 1. The van der Waals surface area contributed by atoms with Crippen molar-refractivity contribution in [2.75, 3.05) is 26.2 Å². The predicted octanol–water partition coefficient (Wildman–Crippen LogP) is 9.28. The topological polar surface area (TPSA) is 82.1 Å². The van der Waals surface area contributed by atoms with Gasteiger partial charge in [0, 0.05) is 32.6 Å². The van der Waals surface area contributed by atoms with Crippen molar-refractivity contribution < 1.29 is 39.7 Å². The van der Waals surface area contributed by atoms with Crippen molar-refractivity contribution >= 4 is 45.6 Å². The Morgan fingerprint density at radius 3 is 2.21 bits per heavy atom. The lowest BCUT2D eigenvalue weighted by Gasteiger charge is -2.36. The summed E-state index contributed by atoms with van der Waals surface area (Å²) in [6, 6.07) is 18.0. The Kier molecular flexibility index (Phi) is 10.4. The Hall–Kier alpha value is -3.39. The number of ether oxygens (including phenoxy) is 1. The molecule has 5 rings (SSSR count). The first-order chi connectivity index (χ1) is 22.4. The third-order valence-corrected chi connectivity index (χ3v) is 15.4. The van der Waals surface area contributed by atoms with E-state index in [-0.39, 0.29) is 10.8 Å². The van der Waals surface area contributed by atoms with Gasteiger partial charge in [0.25, 0.3) is 0 Å². The van der Waals surface area contributed by atoms with Crippen molar-refractivity contribution in [1.82, 2.24) is 4.90 Å². The second kappa shape index (κ2) is 13.8. The van der Waals surface area contributed by atoms with E-state index in [1.54, 1.807) is 24.3 Å². The molecule has 7 nitrogen and oxygen atoms in total. The van der Waals surface area contributed by atoms with Crippen LogP contribution in [0.5, 0.6) is 17.2 Å². The summed E-state index contributed by atoms with van der Waals surface area (Å²) in [7, 11) is -8.08. The van der Waals surface area contributed by atoms with Gasteiger partial charge in [-0.25, -0.2) is 0 Å². The minimum atomic E-state index is -5.88. The summed E-state index contributed by atoms with van der Waals surface area (Å²) in [5.41, 5.74) is -4.17. The molecule has 0 saturated carbocycles. The van der Waals surface area contributed by atoms with Gasteiger partial charge in [-0.1, -0.05) is 39.3 Å². The summed E-state index contributed by atoms with van der Waals surface area (Å²) >= 11 is 1.16. The molecular formula is C35H40F3NO6S2Si. The first kappa shape index (κ1) is 35.9. The van der Waals surface area contributed by atoms with Crippen LogP contribution in [-0.2, 0) is 10.1 Å². The SMILES string of the molecule is CC(C)(C)[Si](C)(C)Oc1cccc(-c2sc3cc(OS(=O)(=O)C(F)(F)F)ccc3c2C(=O)c2ccc(OCCN3CCCCC3)cc2)c1. The van der Waals surface area contributed by atoms with Crippen molar-refractivity contribution in [2.45, 2.75) is 63.7 Å². The number of nitrogens with zero attached hydrogens (tertiary/aromatic N) is 1. The number of carbonyl (C=O) groups is 1. The fourth-order valence-corrected chi connectivity index (χ4v) is 7.90. The molecule has 48 heavy (non-hydrogen) atoms. The lowest BCUT2D eigenvalue weighted by Crippen LogP contribution is -2.43. The molecule has 1 saturated heterocycles. The van der Waals surface area contributed by atoms with E-state index in [1.165, 1.54) is 31.4 Å². The smallest absolute Gasteiger partial charge is 0.534 e. The van der Waals surface area contributed by atoms with Gasteiger partial charge in [0.15, 0.2) is 5.78 Å². The van der Waals surface area contributed by atoms with Crippen molar-refractivity contribution in [3.05, 3.63) is 77.9 Å². The number of benzene rings is 3. The molecule has 1 fully saturated rings. The Morgan fingerprint density at radius 1 is 0.896 bits per heavy atom. The van der Waals surface area contributed by atoms with Crippen LogP contribution in [0.3, 0.4) is 0 Å². The third-order valence-electron chi connectivity index (χ3n) is 8.89. The zero-order chi connectivity index (χ0) is 34.9. The molecule has 0 atom stereocenters. The number of halogens is 3.